The van der Waals surface area contributed by atoms with Crippen molar-refractivity contribution in [2.24, 2.45) is 0 Å². The lowest BCUT2D eigenvalue weighted by atomic mass is 10.1. The molecule has 2 aromatic carbocycles. The average Bonchev–Trinajstić information content (AvgIpc) is 2.81. The molecule has 0 saturated carbocycles. The predicted molar refractivity (Wildman–Crippen MR) is 138 cm³/mol. The van der Waals surface area contributed by atoms with Crippen LogP contribution in [-0.2, 0) is 32.3 Å². The predicted octanol–water partition coefficient (Wildman–Crippen LogP) is 5.11. The largest absolute Gasteiger partial charge is 0.416 e. The van der Waals surface area contributed by atoms with Gasteiger partial charge >= 0.3 is 6.18 Å². The summed E-state index contributed by atoms with van der Waals surface area (Å²) < 4.78 is 65.8. The fraction of sp³-hybridized carbons (Fsp3) is 0.417. The highest BCUT2D eigenvalue weighted by molar-refractivity contribution is 7.92. The second kappa shape index (κ2) is 12.8. The quantitative estimate of drug-likeness (QED) is 0.399. The van der Waals surface area contributed by atoms with E-state index in [1.165, 1.54) is 4.90 Å². The summed E-state index contributed by atoms with van der Waals surface area (Å²) in [6, 6.07) is 7.83. The van der Waals surface area contributed by atoms with Crippen LogP contribution in [0.25, 0.3) is 0 Å². The molecule has 0 aliphatic heterocycles. The van der Waals surface area contributed by atoms with E-state index in [1.807, 2.05) is 6.92 Å². The Bertz CT molecular complexity index is 1230. The first kappa shape index (κ1) is 30.7. The Morgan fingerprint density at radius 2 is 1.70 bits per heavy atom. The van der Waals surface area contributed by atoms with Gasteiger partial charge in [0.05, 0.1) is 22.5 Å². The molecule has 0 aliphatic rings. The Morgan fingerprint density at radius 1 is 1.05 bits per heavy atom. The minimum absolute atomic E-state index is 0.134. The Kier molecular flexibility index (Phi) is 10.7. The molecule has 2 aromatic rings. The molecule has 0 saturated heterocycles. The van der Waals surface area contributed by atoms with Crippen molar-refractivity contribution in [3.8, 4) is 0 Å². The van der Waals surface area contributed by atoms with Gasteiger partial charge in [0.15, 0.2) is 0 Å². The molecule has 0 radical (unpaired) electrons. The van der Waals surface area contributed by atoms with Gasteiger partial charge in [-0.25, -0.2) is 8.42 Å². The average molecular weight is 582 g/mol. The molecule has 0 aromatic heterocycles. The topological polar surface area (TPSA) is 86.8 Å². The van der Waals surface area contributed by atoms with E-state index in [4.69, 9.17) is 23.2 Å². The van der Waals surface area contributed by atoms with E-state index in [2.05, 4.69) is 5.32 Å². The number of hydrogen-bond acceptors (Lipinski definition) is 4. The van der Waals surface area contributed by atoms with Crippen molar-refractivity contribution in [2.45, 2.75) is 45.5 Å². The molecule has 13 heteroatoms. The van der Waals surface area contributed by atoms with Crippen LogP contribution in [0.2, 0.25) is 10.0 Å². The number of nitrogens with zero attached hydrogens (tertiary/aromatic N) is 2. The Labute approximate surface area is 224 Å². The lowest BCUT2D eigenvalue weighted by Gasteiger charge is -2.33. The van der Waals surface area contributed by atoms with Gasteiger partial charge in [-0.15, -0.1) is 0 Å². The summed E-state index contributed by atoms with van der Waals surface area (Å²) in [5.41, 5.74) is -1.14. The molecule has 2 rings (SSSR count). The summed E-state index contributed by atoms with van der Waals surface area (Å²) in [5, 5.41) is 2.75. The Balaban J connectivity index is 2.54. The van der Waals surface area contributed by atoms with E-state index in [1.54, 1.807) is 31.2 Å². The second-order valence-electron chi connectivity index (χ2n) is 8.26. The molecule has 2 amide bonds. The summed E-state index contributed by atoms with van der Waals surface area (Å²) in [4.78, 5) is 27.7. The van der Waals surface area contributed by atoms with Gasteiger partial charge in [-0.1, -0.05) is 55.2 Å². The first-order valence-corrected chi connectivity index (χ1v) is 14.0. The number of carbonyl (C=O) groups excluding carboxylic acids is 2. The maximum atomic E-state index is 13.6. The van der Waals surface area contributed by atoms with Crippen molar-refractivity contribution in [3.05, 3.63) is 63.6 Å². The molecule has 37 heavy (non-hydrogen) atoms. The molecule has 1 N–H and O–H groups in total. The summed E-state index contributed by atoms with van der Waals surface area (Å²) in [6.07, 6.45) is -3.18. The van der Waals surface area contributed by atoms with E-state index in [9.17, 15) is 31.2 Å². The third-order valence-corrected chi connectivity index (χ3v) is 7.27. The van der Waals surface area contributed by atoms with Crippen LogP contribution in [0.4, 0.5) is 18.9 Å². The van der Waals surface area contributed by atoms with Crippen LogP contribution in [0.15, 0.2) is 42.5 Å². The molecule has 1 unspecified atom stereocenters. The van der Waals surface area contributed by atoms with Gasteiger partial charge in [0.1, 0.15) is 12.6 Å². The molecule has 204 valence electrons. The highest BCUT2D eigenvalue weighted by Crippen LogP contribution is 2.36. The van der Waals surface area contributed by atoms with Gasteiger partial charge in [-0.2, -0.15) is 13.2 Å². The van der Waals surface area contributed by atoms with Crippen LogP contribution in [0.3, 0.4) is 0 Å². The summed E-state index contributed by atoms with van der Waals surface area (Å²) in [5.74, 6) is -1.27. The number of hydrogen-bond donors (Lipinski definition) is 1. The lowest BCUT2D eigenvalue weighted by Crippen LogP contribution is -2.52. The lowest BCUT2D eigenvalue weighted by molar-refractivity contribution is -0.140. The number of benzene rings is 2. The van der Waals surface area contributed by atoms with E-state index in [0.29, 0.717) is 40.0 Å². The number of halogens is 5. The van der Waals surface area contributed by atoms with E-state index in [0.717, 1.165) is 12.3 Å². The van der Waals surface area contributed by atoms with Gasteiger partial charge in [0.25, 0.3) is 0 Å². The van der Waals surface area contributed by atoms with Crippen LogP contribution >= 0.6 is 23.2 Å². The SMILES string of the molecule is CCCNC(=O)C(CC)N(Cc1ccccc1Cl)C(=O)CN(c1cc(C(F)(F)F)ccc1Cl)S(C)(=O)=O. The number of sulfonamides is 1. The maximum absolute atomic E-state index is 13.6. The molecule has 0 spiro atoms. The van der Waals surface area contributed by atoms with Crippen molar-refractivity contribution in [1.29, 1.82) is 0 Å². The molecule has 7 nitrogen and oxygen atoms in total. The molecule has 0 fully saturated rings. The Morgan fingerprint density at radius 3 is 2.24 bits per heavy atom. The molecule has 0 bridgehead atoms. The second-order valence-corrected chi connectivity index (χ2v) is 11.0. The van der Waals surface area contributed by atoms with Crippen LogP contribution in [-0.4, -0.2) is 50.5 Å². The summed E-state index contributed by atoms with van der Waals surface area (Å²) in [6.45, 7) is 2.88. The minimum atomic E-state index is -4.77. The number of nitrogens with one attached hydrogen (secondary N) is 1. The van der Waals surface area contributed by atoms with Gasteiger partial charge < -0.3 is 10.2 Å². The fourth-order valence-electron chi connectivity index (χ4n) is 3.57. The first-order valence-electron chi connectivity index (χ1n) is 11.4. The zero-order valence-corrected chi connectivity index (χ0v) is 22.8. The monoisotopic (exact) mass is 581 g/mol. The highest BCUT2D eigenvalue weighted by atomic mass is 35.5. The van der Waals surface area contributed by atoms with Gasteiger partial charge in [-0.05, 0) is 42.7 Å². The third kappa shape index (κ3) is 8.24. The number of carbonyl (C=O) groups is 2. The maximum Gasteiger partial charge on any atom is 0.416 e. The van der Waals surface area contributed by atoms with Crippen molar-refractivity contribution in [2.75, 3.05) is 23.7 Å². The summed E-state index contributed by atoms with van der Waals surface area (Å²) >= 11 is 12.3. The standard InChI is InChI=1S/C24H28Cl2F3N3O4S/c1-4-12-30-23(34)20(5-2)31(14-16-8-6-7-9-18(16)25)22(33)15-32(37(3,35)36)21-13-17(24(27,28)29)10-11-19(21)26/h6-11,13,20H,4-5,12,14-15H2,1-3H3,(H,30,34). The first-order chi connectivity index (χ1) is 17.2. The van der Waals surface area contributed by atoms with E-state index >= 15 is 0 Å². The van der Waals surface area contributed by atoms with Crippen LogP contribution < -0.4 is 9.62 Å². The number of rotatable bonds is 11. The summed E-state index contributed by atoms with van der Waals surface area (Å²) in [7, 11) is -4.27. The molecule has 0 heterocycles. The van der Waals surface area contributed by atoms with Crippen molar-refractivity contribution in [3.63, 3.8) is 0 Å². The molecular weight excluding hydrogens is 554 g/mol. The van der Waals surface area contributed by atoms with E-state index in [-0.39, 0.29) is 18.0 Å². The van der Waals surface area contributed by atoms with Gasteiger partial charge in [-0.3, -0.25) is 13.9 Å². The number of amides is 2. The van der Waals surface area contributed by atoms with Crippen LogP contribution in [0.1, 0.15) is 37.8 Å². The van der Waals surface area contributed by atoms with Gasteiger partial charge in [0.2, 0.25) is 21.8 Å². The van der Waals surface area contributed by atoms with Crippen molar-refractivity contribution >= 4 is 50.7 Å². The zero-order chi connectivity index (χ0) is 28.0. The van der Waals surface area contributed by atoms with E-state index < -0.39 is 51.9 Å². The van der Waals surface area contributed by atoms with Crippen LogP contribution in [0.5, 0.6) is 0 Å². The van der Waals surface area contributed by atoms with Crippen molar-refractivity contribution < 1.29 is 31.2 Å². The molecule has 1 atom stereocenters. The smallest absolute Gasteiger partial charge is 0.354 e. The molecular formula is C24H28Cl2F3N3O4S. The number of anilines is 1. The van der Waals surface area contributed by atoms with Crippen molar-refractivity contribution in [1.82, 2.24) is 10.2 Å². The minimum Gasteiger partial charge on any atom is -0.354 e. The van der Waals surface area contributed by atoms with Crippen LogP contribution in [0, 0.1) is 0 Å². The zero-order valence-electron chi connectivity index (χ0n) is 20.5. The third-order valence-electron chi connectivity index (χ3n) is 5.46. The highest BCUT2D eigenvalue weighted by Gasteiger charge is 2.35. The van der Waals surface area contributed by atoms with Gasteiger partial charge in [0, 0.05) is 18.1 Å². The normalized spacial score (nSPS) is 12.6. The Hall–Kier alpha value is -2.50. The molecule has 0 aliphatic carbocycles. The fourth-order valence-corrected chi connectivity index (χ4v) is 4.89. The number of alkyl halides is 3.